The predicted molar refractivity (Wildman–Crippen MR) is 189 cm³/mol. The van der Waals surface area contributed by atoms with Gasteiger partial charge >= 0.3 is 0 Å². The lowest BCUT2D eigenvalue weighted by atomic mass is 9.99. The van der Waals surface area contributed by atoms with E-state index in [2.05, 4.69) is 129 Å². The van der Waals surface area contributed by atoms with Gasteiger partial charge in [0, 0.05) is 130 Å². The van der Waals surface area contributed by atoms with E-state index in [-0.39, 0.29) is 0 Å². The summed E-state index contributed by atoms with van der Waals surface area (Å²) in [7, 11) is 0. The molecule has 0 amide bonds. The number of hydrogen-bond acceptors (Lipinski definition) is 11. The molecule has 4 saturated heterocycles. The van der Waals surface area contributed by atoms with E-state index >= 15 is 0 Å². The average molecular weight is 669 g/mol. The van der Waals surface area contributed by atoms with Crippen LogP contribution in [0, 0.1) is 5.41 Å². The third-order valence-electron chi connectivity index (χ3n) is 6.02. The molecule has 4 rings (SSSR count). The topological polar surface area (TPSA) is 0 Å². The lowest BCUT2D eigenvalue weighted by Gasteiger charge is -2.36. The van der Waals surface area contributed by atoms with Crippen LogP contribution in [0.25, 0.3) is 0 Å². The summed E-state index contributed by atoms with van der Waals surface area (Å²) in [5.74, 6) is 24.9. The zero-order valence-electron chi connectivity index (χ0n) is 20.0. The Balaban J connectivity index is 1.21. The molecule has 4 fully saturated rings. The molecule has 34 heavy (non-hydrogen) atoms. The Bertz CT molecular complexity index is 475. The van der Waals surface area contributed by atoms with Gasteiger partial charge in [-0.15, -0.1) is 0 Å². The maximum absolute atomic E-state index is 2.33. The second-order valence-corrected chi connectivity index (χ2v) is 22.3. The summed E-state index contributed by atoms with van der Waals surface area (Å²) in [6.45, 7) is 0. The second kappa shape index (κ2) is 18.3. The van der Waals surface area contributed by atoms with Crippen molar-refractivity contribution < 1.29 is 0 Å². The van der Waals surface area contributed by atoms with Crippen LogP contribution in [0.1, 0.15) is 0 Å². The molecule has 198 valence electrons. The summed E-state index contributed by atoms with van der Waals surface area (Å²) in [6.07, 6.45) is 0. The number of thioether (sulfide) groups is 11. The predicted octanol–water partition coefficient (Wildman–Crippen LogP) is 7.57. The zero-order valence-corrected chi connectivity index (χ0v) is 29.0. The van der Waals surface area contributed by atoms with E-state index in [1.54, 1.807) is 0 Å². The highest BCUT2D eigenvalue weighted by Gasteiger charge is 2.33. The molecule has 0 aliphatic carbocycles. The molecule has 4 aliphatic rings. The summed E-state index contributed by atoms with van der Waals surface area (Å²) in [5.41, 5.74) is 0.524. The van der Waals surface area contributed by atoms with Crippen molar-refractivity contribution in [3.63, 3.8) is 0 Å². The van der Waals surface area contributed by atoms with Crippen LogP contribution in [-0.4, -0.2) is 125 Å². The van der Waals surface area contributed by atoms with Crippen LogP contribution >= 0.6 is 129 Å². The van der Waals surface area contributed by atoms with E-state index in [4.69, 9.17) is 0 Å². The van der Waals surface area contributed by atoms with E-state index in [1.165, 1.54) is 104 Å². The van der Waals surface area contributed by atoms with Crippen molar-refractivity contribution in [1.82, 2.24) is 0 Å². The Morgan fingerprint density at radius 2 is 0.735 bits per heavy atom. The van der Waals surface area contributed by atoms with Crippen LogP contribution in [0.5, 0.6) is 0 Å². The van der Waals surface area contributed by atoms with Gasteiger partial charge in [-0.05, 0) is 0 Å². The molecule has 0 atom stereocenters. The molecule has 0 radical (unpaired) electrons. The third kappa shape index (κ3) is 11.8. The molecule has 0 unspecified atom stereocenters. The van der Waals surface area contributed by atoms with Gasteiger partial charge in [0.25, 0.3) is 0 Å². The van der Waals surface area contributed by atoms with Crippen molar-refractivity contribution in [3.8, 4) is 0 Å². The Morgan fingerprint density at radius 1 is 0.412 bits per heavy atom. The minimum absolute atomic E-state index is 0.524. The SMILES string of the molecule is C(CSC1CSC1)SCC(CSCCSC1CSC1)(CSCCSC1CSC1)CSC1CSC1. The Morgan fingerprint density at radius 3 is 1.03 bits per heavy atom. The van der Waals surface area contributed by atoms with Gasteiger partial charge in [0.1, 0.15) is 0 Å². The maximum atomic E-state index is 2.33. The molecule has 11 heteroatoms. The molecule has 0 saturated carbocycles. The van der Waals surface area contributed by atoms with Crippen molar-refractivity contribution >= 4 is 129 Å². The largest absolute Gasteiger partial charge is 0.160 e. The van der Waals surface area contributed by atoms with Crippen LogP contribution in [0.2, 0.25) is 0 Å². The van der Waals surface area contributed by atoms with Crippen molar-refractivity contribution in [2.45, 2.75) is 21.0 Å². The molecule has 0 aromatic heterocycles. The second-order valence-electron chi connectivity index (χ2n) is 9.22. The fourth-order valence-corrected chi connectivity index (χ4v) is 18.5. The smallest absolute Gasteiger partial charge is 0.0229 e. The minimum atomic E-state index is 0.524. The van der Waals surface area contributed by atoms with Gasteiger partial charge < -0.3 is 0 Å². The molecule has 0 aromatic rings. The summed E-state index contributed by atoms with van der Waals surface area (Å²) in [5, 5.41) is 3.83. The highest BCUT2D eigenvalue weighted by Crippen LogP contribution is 2.40. The summed E-state index contributed by atoms with van der Waals surface area (Å²) in [4.78, 5) is 0. The molecule has 0 bridgehead atoms. The van der Waals surface area contributed by atoms with Gasteiger partial charge in [0.2, 0.25) is 0 Å². The lowest BCUT2D eigenvalue weighted by molar-refractivity contribution is 0.515. The molecule has 0 nitrogen and oxygen atoms in total. The average Bonchev–Trinajstić information content (AvgIpc) is 2.70. The van der Waals surface area contributed by atoms with Crippen LogP contribution < -0.4 is 0 Å². The zero-order chi connectivity index (χ0) is 23.3. The fraction of sp³-hybridized carbons (Fsp3) is 1.00. The Hall–Kier alpha value is 3.85. The van der Waals surface area contributed by atoms with E-state index in [1.807, 2.05) is 0 Å². The highest BCUT2D eigenvalue weighted by atomic mass is 32.2. The van der Waals surface area contributed by atoms with Gasteiger partial charge in [-0.3, -0.25) is 0 Å². The quantitative estimate of drug-likeness (QED) is 0.111. The standard InChI is InChI=1S/C23H40S11/c1(4-31-19-7-27-8-19)24-15-23(18-34-22-13-30-14-22,16-25-2-5-32-20-9-28-10-20)17-26-3-6-33-21-11-29-12-21/h19-22H,1-18H2. The van der Waals surface area contributed by atoms with Crippen LogP contribution in [0.15, 0.2) is 0 Å². The first kappa shape index (κ1) is 30.8. The molecule has 4 aliphatic heterocycles. The highest BCUT2D eigenvalue weighted by molar-refractivity contribution is 8.10. The number of hydrogen-bond donors (Lipinski definition) is 0. The summed E-state index contributed by atoms with van der Waals surface area (Å²) in [6, 6.07) is 0. The normalized spacial score (nSPS) is 22.2. The van der Waals surface area contributed by atoms with Crippen molar-refractivity contribution in [2.75, 3.05) is 104 Å². The van der Waals surface area contributed by atoms with E-state index < -0.39 is 0 Å². The van der Waals surface area contributed by atoms with Gasteiger partial charge in [-0.1, -0.05) is 0 Å². The number of rotatable bonds is 21. The van der Waals surface area contributed by atoms with Crippen LogP contribution in [-0.2, 0) is 0 Å². The first-order valence-corrected chi connectivity index (χ1v) is 24.6. The van der Waals surface area contributed by atoms with Crippen LogP contribution in [0.3, 0.4) is 0 Å². The minimum Gasteiger partial charge on any atom is -0.160 e. The lowest BCUT2D eigenvalue weighted by Crippen LogP contribution is -2.36. The van der Waals surface area contributed by atoms with Gasteiger partial charge in [0.05, 0.1) is 0 Å². The molecule has 0 spiro atoms. The summed E-state index contributed by atoms with van der Waals surface area (Å²) < 4.78 is 0. The molecule has 0 aromatic carbocycles. The first-order valence-electron chi connectivity index (χ1n) is 12.3. The van der Waals surface area contributed by atoms with Gasteiger partial charge in [-0.2, -0.15) is 129 Å². The fourth-order valence-electron chi connectivity index (χ4n) is 3.47. The van der Waals surface area contributed by atoms with E-state index in [0.717, 1.165) is 21.0 Å². The summed E-state index contributed by atoms with van der Waals surface area (Å²) >= 11 is 24.5. The van der Waals surface area contributed by atoms with Gasteiger partial charge in [-0.25, -0.2) is 0 Å². The Kier molecular flexibility index (Phi) is 16.6. The van der Waals surface area contributed by atoms with E-state index in [9.17, 15) is 0 Å². The molecular formula is C23H40S11. The molecule has 0 N–H and O–H groups in total. The Labute approximate surface area is 256 Å². The maximum Gasteiger partial charge on any atom is 0.0229 e. The van der Waals surface area contributed by atoms with Crippen LogP contribution in [0.4, 0.5) is 0 Å². The third-order valence-corrected chi connectivity index (χ3v) is 22.8. The monoisotopic (exact) mass is 668 g/mol. The van der Waals surface area contributed by atoms with Crippen molar-refractivity contribution in [3.05, 3.63) is 0 Å². The van der Waals surface area contributed by atoms with Crippen molar-refractivity contribution in [1.29, 1.82) is 0 Å². The molecule has 4 heterocycles. The molecular weight excluding hydrogens is 629 g/mol. The van der Waals surface area contributed by atoms with Crippen molar-refractivity contribution in [2.24, 2.45) is 5.41 Å². The van der Waals surface area contributed by atoms with Gasteiger partial charge in [0.15, 0.2) is 0 Å². The first-order chi connectivity index (χ1) is 16.8. The van der Waals surface area contributed by atoms with E-state index in [0.29, 0.717) is 5.41 Å².